The number of aryl methyl sites for hydroxylation is 3. The zero-order chi connectivity index (χ0) is 12.4. The van der Waals surface area contributed by atoms with E-state index in [0.29, 0.717) is 0 Å². The van der Waals surface area contributed by atoms with Crippen LogP contribution in [0.3, 0.4) is 0 Å². The molecule has 2 rings (SSSR count). The molecule has 0 aliphatic rings. The third kappa shape index (κ3) is 3.11. The second kappa shape index (κ2) is 5.23. The summed E-state index contributed by atoms with van der Waals surface area (Å²) in [5, 5.41) is 3.50. The summed E-state index contributed by atoms with van der Waals surface area (Å²) in [6.45, 7) is 7.28. The fourth-order valence-electron chi connectivity index (χ4n) is 1.71. The summed E-state index contributed by atoms with van der Waals surface area (Å²) in [5.41, 5.74) is 3.82. The SMILES string of the molecule is Cc1ccc(C)c(NCc2cc(Br)c(C)s2)c1. The van der Waals surface area contributed by atoms with Gasteiger partial charge in [-0.3, -0.25) is 0 Å². The molecule has 90 valence electrons. The number of thiophene rings is 1. The quantitative estimate of drug-likeness (QED) is 0.836. The van der Waals surface area contributed by atoms with E-state index in [1.807, 2.05) is 11.3 Å². The van der Waals surface area contributed by atoms with Gasteiger partial charge in [0.2, 0.25) is 0 Å². The molecule has 2 aromatic rings. The van der Waals surface area contributed by atoms with Gasteiger partial charge in [-0.15, -0.1) is 11.3 Å². The second-order valence-corrected chi connectivity index (χ2v) is 6.48. The van der Waals surface area contributed by atoms with Gasteiger partial charge in [0, 0.05) is 26.5 Å². The zero-order valence-corrected chi connectivity index (χ0v) is 12.7. The molecule has 0 radical (unpaired) electrons. The Bertz CT molecular complexity index is 512. The highest BCUT2D eigenvalue weighted by Gasteiger charge is 2.03. The average Bonchev–Trinajstić information content (AvgIpc) is 2.60. The summed E-state index contributed by atoms with van der Waals surface area (Å²) in [4.78, 5) is 2.69. The van der Waals surface area contributed by atoms with E-state index in [1.54, 1.807) is 0 Å². The minimum atomic E-state index is 0.890. The predicted molar refractivity (Wildman–Crippen MR) is 80.0 cm³/mol. The Kier molecular flexibility index (Phi) is 3.89. The monoisotopic (exact) mass is 309 g/mol. The zero-order valence-electron chi connectivity index (χ0n) is 10.3. The van der Waals surface area contributed by atoms with Crippen molar-refractivity contribution < 1.29 is 0 Å². The van der Waals surface area contributed by atoms with Gasteiger partial charge in [-0.1, -0.05) is 12.1 Å². The van der Waals surface area contributed by atoms with Crippen molar-refractivity contribution in [3.8, 4) is 0 Å². The molecule has 0 aliphatic heterocycles. The molecule has 0 fully saturated rings. The van der Waals surface area contributed by atoms with E-state index in [4.69, 9.17) is 0 Å². The maximum absolute atomic E-state index is 3.55. The molecule has 0 amide bonds. The maximum Gasteiger partial charge on any atom is 0.0494 e. The van der Waals surface area contributed by atoms with Gasteiger partial charge in [0.25, 0.3) is 0 Å². The molecule has 17 heavy (non-hydrogen) atoms. The van der Waals surface area contributed by atoms with Crippen LogP contribution in [0.5, 0.6) is 0 Å². The number of hydrogen-bond donors (Lipinski definition) is 1. The first-order valence-corrected chi connectivity index (χ1v) is 7.23. The lowest BCUT2D eigenvalue weighted by Gasteiger charge is -2.09. The number of nitrogens with one attached hydrogen (secondary N) is 1. The molecule has 0 saturated carbocycles. The Labute approximate surface area is 115 Å². The molecule has 1 heterocycles. The highest BCUT2D eigenvalue weighted by atomic mass is 79.9. The highest BCUT2D eigenvalue weighted by molar-refractivity contribution is 9.10. The predicted octanol–water partition coefficient (Wildman–Crippen LogP) is 5.05. The molecular formula is C14H16BrNS. The lowest BCUT2D eigenvalue weighted by molar-refractivity contribution is 1.17. The van der Waals surface area contributed by atoms with Gasteiger partial charge in [0.05, 0.1) is 0 Å². The average molecular weight is 310 g/mol. The Hall–Kier alpha value is -0.800. The summed E-state index contributed by atoms with van der Waals surface area (Å²) in [5.74, 6) is 0. The van der Waals surface area contributed by atoms with E-state index in [1.165, 1.54) is 31.0 Å². The number of hydrogen-bond acceptors (Lipinski definition) is 2. The van der Waals surface area contributed by atoms with Gasteiger partial charge in [0.1, 0.15) is 0 Å². The van der Waals surface area contributed by atoms with Gasteiger partial charge in [-0.05, 0) is 60.0 Å². The molecule has 1 aromatic heterocycles. The van der Waals surface area contributed by atoms with Crippen LogP contribution in [-0.2, 0) is 6.54 Å². The Balaban J connectivity index is 2.09. The third-order valence-electron chi connectivity index (χ3n) is 2.75. The van der Waals surface area contributed by atoms with Crippen molar-refractivity contribution in [1.82, 2.24) is 0 Å². The van der Waals surface area contributed by atoms with Crippen LogP contribution in [0.15, 0.2) is 28.7 Å². The van der Waals surface area contributed by atoms with Gasteiger partial charge in [-0.2, -0.15) is 0 Å². The van der Waals surface area contributed by atoms with Crippen LogP contribution < -0.4 is 5.32 Å². The standard InChI is InChI=1S/C14H16BrNS/c1-9-4-5-10(2)14(6-9)16-8-12-7-13(15)11(3)17-12/h4-7,16H,8H2,1-3H3. The molecule has 0 saturated heterocycles. The van der Waals surface area contributed by atoms with E-state index in [0.717, 1.165) is 6.54 Å². The fourth-order valence-corrected chi connectivity index (χ4v) is 3.26. The van der Waals surface area contributed by atoms with Gasteiger partial charge >= 0.3 is 0 Å². The van der Waals surface area contributed by atoms with Crippen molar-refractivity contribution in [1.29, 1.82) is 0 Å². The normalized spacial score (nSPS) is 10.6. The highest BCUT2D eigenvalue weighted by Crippen LogP contribution is 2.27. The number of benzene rings is 1. The van der Waals surface area contributed by atoms with Crippen molar-refractivity contribution in [2.24, 2.45) is 0 Å². The van der Waals surface area contributed by atoms with E-state index in [-0.39, 0.29) is 0 Å². The fraction of sp³-hybridized carbons (Fsp3) is 0.286. The molecule has 0 aliphatic carbocycles. The Morgan fingerprint density at radius 3 is 2.59 bits per heavy atom. The van der Waals surface area contributed by atoms with Crippen LogP contribution in [0.4, 0.5) is 5.69 Å². The van der Waals surface area contributed by atoms with Crippen molar-refractivity contribution in [2.45, 2.75) is 27.3 Å². The van der Waals surface area contributed by atoms with Crippen molar-refractivity contribution in [3.63, 3.8) is 0 Å². The first-order chi connectivity index (χ1) is 8.06. The minimum Gasteiger partial charge on any atom is -0.380 e. The minimum absolute atomic E-state index is 0.890. The number of rotatable bonds is 3. The number of halogens is 1. The third-order valence-corrected chi connectivity index (χ3v) is 4.89. The van der Waals surface area contributed by atoms with E-state index < -0.39 is 0 Å². The van der Waals surface area contributed by atoms with Crippen molar-refractivity contribution in [3.05, 3.63) is 49.6 Å². The molecule has 1 aromatic carbocycles. The number of anilines is 1. The molecule has 0 bridgehead atoms. The maximum atomic E-state index is 3.55. The topological polar surface area (TPSA) is 12.0 Å². The summed E-state index contributed by atoms with van der Waals surface area (Å²) >= 11 is 5.39. The molecule has 0 unspecified atom stereocenters. The largest absolute Gasteiger partial charge is 0.380 e. The van der Waals surface area contributed by atoms with Gasteiger partial charge < -0.3 is 5.32 Å². The molecule has 1 nitrogen and oxygen atoms in total. The van der Waals surface area contributed by atoms with Crippen LogP contribution in [0.25, 0.3) is 0 Å². The lowest BCUT2D eigenvalue weighted by Crippen LogP contribution is -1.99. The molecule has 3 heteroatoms. The van der Waals surface area contributed by atoms with Crippen molar-refractivity contribution >= 4 is 33.0 Å². The smallest absolute Gasteiger partial charge is 0.0494 e. The molecule has 0 atom stereocenters. The van der Waals surface area contributed by atoms with Gasteiger partial charge in [0.15, 0.2) is 0 Å². The summed E-state index contributed by atoms with van der Waals surface area (Å²) in [7, 11) is 0. The van der Waals surface area contributed by atoms with E-state index >= 15 is 0 Å². The first-order valence-electron chi connectivity index (χ1n) is 5.62. The summed E-state index contributed by atoms with van der Waals surface area (Å²) in [6.07, 6.45) is 0. The van der Waals surface area contributed by atoms with E-state index in [9.17, 15) is 0 Å². The second-order valence-electron chi connectivity index (χ2n) is 4.29. The van der Waals surface area contributed by atoms with Crippen LogP contribution in [0.1, 0.15) is 20.9 Å². The van der Waals surface area contributed by atoms with Crippen LogP contribution >= 0.6 is 27.3 Å². The van der Waals surface area contributed by atoms with Gasteiger partial charge in [-0.25, -0.2) is 0 Å². The Morgan fingerprint density at radius 2 is 1.94 bits per heavy atom. The van der Waals surface area contributed by atoms with Crippen molar-refractivity contribution in [2.75, 3.05) is 5.32 Å². The summed E-state index contributed by atoms with van der Waals surface area (Å²) in [6, 6.07) is 8.70. The van der Waals surface area contributed by atoms with E-state index in [2.05, 4.69) is 66.3 Å². The first kappa shape index (κ1) is 12.7. The van der Waals surface area contributed by atoms with Crippen LogP contribution in [0.2, 0.25) is 0 Å². The van der Waals surface area contributed by atoms with Crippen LogP contribution in [0, 0.1) is 20.8 Å². The van der Waals surface area contributed by atoms with Crippen LogP contribution in [-0.4, -0.2) is 0 Å². The summed E-state index contributed by atoms with van der Waals surface area (Å²) < 4.78 is 1.21. The lowest BCUT2D eigenvalue weighted by atomic mass is 10.1. The molecule has 0 spiro atoms. The molecule has 1 N–H and O–H groups in total. The molecular weight excluding hydrogens is 294 g/mol. The Morgan fingerprint density at radius 1 is 1.18 bits per heavy atom.